The largest absolute Gasteiger partial charge is 0.310 e. The van der Waals surface area contributed by atoms with Gasteiger partial charge < -0.3 is 5.32 Å². The van der Waals surface area contributed by atoms with Crippen molar-refractivity contribution in [2.24, 2.45) is 0 Å². The van der Waals surface area contributed by atoms with Crippen LogP contribution in [-0.2, 0) is 6.54 Å². The standard InChI is InChI=1S/C18H26N4/c1-14(21(3)16-9-10-16)11-19-12-18-13-20-15(2)22(18)17-7-5-4-6-8-17/h4-8,13-14,16,19H,9-12H2,1-3H3/t14-/m1/s1. The molecular formula is C18H26N4. The van der Waals surface area contributed by atoms with Gasteiger partial charge in [0.2, 0.25) is 0 Å². The number of aromatic nitrogens is 2. The summed E-state index contributed by atoms with van der Waals surface area (Å²) in [5, 5.41) is 3.59. The average molecular weight is 298 g/mol. The molecule has 4 nitrogen and oxygen atoms in total. The zero-order chi connectivity index (χ0) is 15.5. The molecule has 0 radical (unpaired) electrons. The molecule has 3 rings (SSSR count). The SMILES string of the molecule is Cc1ncc(CNC[C@@H](C)N(C)C2CC2)n1-c1ccccc1. The fourth-order valence-electron chi connectivity index (χ4n) is 2.94. The van der Waals surface area contributed by atoms with Crippen molar-refractivity contribution in [2.75, 3.05) is 13.6 Å². The van der Waals surface area contributed by atoms with E-state index in [1.807, 2.05) is 12.3 Å². The van der Waals surface area contributed by atoms with E-state index in [1.165, 1.54) is 24.2 Å². The highest BCUT2D eigenvalue weighted by molar-refractivity contribution is 5.35. The fraction of sp³-hybridized carbons (Fsp3) is 0.500. The zero-order valence-electron chi connectivity index (χ0n) is 13.8. The van der Waals surface area contributed by atoms with Gasteiger partial charge in [-0.15, -0.1) is 0 Å². The molecule has 0 amide bonds. The van der Waals surface area contributed by atoms with Gasteiger partial charge in [-0.05, 0) is 45.9 Å². The van der Waals surface area contributed by atoms with Crippen LogP contribution in [0.1, 0.15) is 31.3 Å². The highest BCUT2D eigenvalue weighted by Gasteiger charge is 2.28. The molecule has 22 heavy (non-hydrogen) atoms. The Kier molecular flexibility index (Phi) is 4.60. The summed E-state index contributed by atoms with van der Waals surface area (Å²) in [6, 6.07) is 11.8. The second-order valence-corrected chi connectivity index (χ2v) is 6.34. The van der Waals surface area contributed by atoms with Gasteiger partial charge in [-0.1, -0.05) is 18.2 Å². The number of rotatable bonds is 7. The summed E-state index contributed by atoms with van der Waals surface area (Å²) >= 11 is 0. The van der Waals surface area contributed by atoms with Crippen LogP contribution in [0.5, 0.6) is 0 Å². The van der Waals surface area contributed by atoms with E-state index in [0.717, 1.165) is 25.0 Å². The quantitative estimate of drug-likeness (QED) is 0.853. The monoisotopic (exact) mass is 298 g/mol. The van der Waals surface area contributed by atoms with E-state index in [-0.39, 0.29) is 0 Å². The van der Waals surface area contributed by atoms with Gasteiger partial charge in [0.1, 0.15) is 5.82 Å². The van der Waals surface area contributed by atoms with Crippen LogP contribution in [0.3, 0.4) is 0 Å². The first-order chi connectivity index (χ1) is 10.7. The Hall–Kier alpha value is -1.65. The number of nitrogens with one attached hydrogen (secondary N) is 1. The minimum Gasteiger partial charge on any atom is -0.310 e. The summed E-state index contributed by atoms with van der Waals surface area (Å²) in [5.41, 5.74) is 2.39. The van der Waals surface area contributed by atoms with Crippen molar-refractivity contribution in [1.29, 1.82) is 0 Å². The lowest BCUT2D eigenvalue weighted by molar-refractivity contribution is 0.240. The van der Waals surface area contributed by atoms with E-state index in [2.05, 4.69) is 64.9 Å². The Morgan fingerprint density at radius 2 is 2.05 bits per heavy atom. The van der Waals surface area contributed by atoms with E-state index >= 15 is 0 Å². The third-order valence-corrected chi connectivity index (χ3v) is 4.59. The van der Waals surface area contributed by atoms with Crippen LogP contribution in [0.15, 0.2) is 36.5 Å². The maximum Gasteiger partial charge on any atom is 0.110 e. The fourth-order valence-corrected chi connectivity index (χ4v) is 2.94. The van der Waals surface area contributed by atoms with Crippen LogP contribution in [0.4, 0.5) is 0 Å². The van der Waals surface area contributed by atoms with Crippen LogP contribution < -0.4 is 5.32 Å². The van der Waals surface area contributed by atoms with Crippen LogP contribution in [-0.4, -0.2) is 40.1 Å². The summed E-state index contributed by atoms with van der Waals surface area (Å²) < 4.78 is 2.22. The van der Waals surface area contributed by atoms with Crippen molar-refractivity contribution in [1.82, 2.24) is 19.8 Å². The summed E-state index contributed by atoms with van der Waals surface area (Å²) in [6.07, 6.45) is 4.70. The molecule has 0 spiro atoms. The summed E-state index contributed by atoms with van der Waals surface area (Å²) in [4.78, 5) is 6.97. The molecule has 1 N–H and O–H groups in total. The van der Waals surface area contributed by atoms with Gasteiger partial charge in [-0.25, -0.2) is 4.98 Å². The lowest BCUT2D eigenvalue weighted by Gasteiger charge is -2.24. The normalized spacial score (nSPS) is 16.2. The molecule has 1 aliphatic carbocycles. The van der Waals surface area contributed by atoms with E-state index in [4.69, 9.17) is 0 Å². The van der Waals surface area contributed by atoms with E-state index in [0.29, 0.717) is 6.04 Å². The first kappa shape index (κ1) is 15.3. The van der Waals surface area contributed by atoms with Crippen LogP contribution >= 0.6 is 0 Å². The summed E-state index contributed by atoms with van der Waals surface area (Å²) in [5.74, 6) is 1.03. The molecule has 0 saturated heterocycles. The van der Waals surface area contributed by atoms with Gasteiger partial charge in [0.05, 0.1) is 11.9 Å². The van der Waals surface area contributed by atoms with Gasteiger partial charge in [0, 0.05) is 30.9 Å². The number of benzene rings is 1. The number of likely N-dealkylation sites (N-methyl/N-ethyl adjacent to an activating group) is 1. The maximum absolute atomic E-state index is 4.48. The molecular weight excluding hydrogens is 272 g/mol. The van der Waals surface area contributed by atoms with Gasteiger partial charge >= 0.3 is 0 Å². The molecule has 1 fully saturated rings. The van der Waals surface area contributed by atoms with E-state index < -0.39 is 0 Å². The smallest absolute Gasteiger partial charge is 0.110 e. The molecule has 0 aliphatic heterocycles. The second kappa shape index (κ2) is 6.63. The zero-order valence-corrected chi connectivity index (χ0v) is 13.8. The van der Waals surface area contributed by atoms with Gasteiger partial charge in [-0.2, -0.15) is 0 Å². The van der Waals surface area contributed by atoms with Crippen molar-refractivity contribution in [2.45, 2.75) is 45.3 Å². The Bertz CT molecular complexity index is 601. The molecule has 0 unspecified atom stereocenters. The molecule has 1 atom stereocenters. The molecule has 0 bridgehead atoms. The Labute approximate surface area is 133 Å². The Balaban J connectivity index is 1.61. The molecule has 1 aliphatic rings. The third-order valence-electron chi connectivity index (χ3n) is 4.59. The van der Waals surface area contributed by atoms with E-state index in [1.54, 1.807) is 0 Å². The first-order valence-corrected chi connectivity index (χ1v) is 8.18. The number of aryl methyl sites for hydroxylation is 1. The topological polar surface area (TPSA) is 33.1 Å². The first-order valence-electron chi connectivity index (χ1n) is 8.18. The van der Waals surface area contributed by atoms with Crippen molar-refractivity contribution in [3.8, 4) is 5.69 Å². The second-order valence-electron chi connectivity index (χ2n) is 6.34. The summed E-state index contributed by atoms with van der Waals surface area (Å²) in [6.45, 7) is 6.20. The number of para-hydroxylation sites is 1. The predicted octanol–water partition coefficient (Wildman–Crippen LogP) is 2.75. The molecule has 4 heteroatoms. The predicted molar refractivity (Wildman–Crippen MR) is 90.3 cm³/mol. The lowest BCUT2D eigenvalue weighted by atomic mass is 10.2. The van der Waals surface area contributed by atoms with Gasteiger partial charge in [-0.3, -0.25) is 9.47 Å². The van der Waals surface area contributed by atoms with Crippen molar-refractivity contribution in [3.63, 3.8) is 0 Å². The number of hydrogen-bond donors (Lipinski definition) is 1. The van der Waals surface area contributed by atoms with Crippen molar-refractivity contribution >= 4 is 0 Å². The van der Waals surface area contributed by atoms with Crippen LogP contribution in [0.25, 0.3) is 5.69 Å². The highest BCUT2D eigenvalue weighted by atomic mass is 15.2. The average Bonchev–Trinajstić information content (AvgIpc) is 3.31. The molecule has 1 aromatic carbocycles. The number of imidazole rings is 1. The van der Waals surface area contributed by atoms with Gasteiger partial charge in [0.15, 0.2) is 0 Å². The Morgan fingerprint density at radius 1 is 1.32 bits per heavy atom. The van der Waals surface area contributed by atoms with Crippen LogP contribution in [0, 0.1) is 6.92 Å². The molecule has 1 heterocycles. The Morgan fingerprint density at radius 3 is 2.73 bits per heavy atom. The van der Waals surface area contributed by atoms with Crippen molar-refractivity contribution < 1.29 is 0 Å². The minimum absolute atomic E-state index is 0.571. The molecule has 1 saturated carbocycles. The minimum atomic E-state index is 0.571. The third kappa shape index (κ3) is 3.39. The summed E-state index contributed by atoms with van der Waals surface area (Å²) in [7, 11) is 2.24. The highest BCUT2D eigenvalue weighted by Crippen LogP contribution is 2.26. The molecule has 118 valence electrons. The number of hydrogen-bond acceptors (Lipinski definition) is 3. The van der Waals surface area contributed by atoms with Crippen molar-refractivity contribution in [3.05, 3.63) is 48.0 Å². The van der Waals surface area contributed by atoms with E-state index in [9.17, 15) is 0 Å². The molecule has 2 aromatic rings. The van der Waals surface area contributed by atoms with Crippen LogP contribution in [0.2, 0.25) is 0 Å². The molecule has 1 aromatic heterocycles. The lowest BCUT2D eigenvalue weighted by Crippen LogP contribution is -2.39. The number of nitrogens with zero attached hydrogens (tertiary/aromatic N) is 3. The maximum atomic E-state index is 4.48. The van der Waals surface area contributed by atoms with Gasteiger partial charge in [0.25, 0.3) is 0 Å².